The largest absolute Gasteiger partial charge is 0.298 e. The van der Waals surface area contributed by atoms with Crippen LogP contribution in [0.2, 0.25) is 0 Å². The van der Waals surface area contributed by atoms with Crippen molar-refractivity contribution in [2.24, 2.45) is 0 Å². The van der Waals surface area contributed by atoms with Gasteiger partial charge in [0.2, 0.25) is 0 Å². The van der Waals surface area contributed by atoms with Crippen molar-refractivity contribution in [1.82, 2.24) is 19.8 Å². The zero-order chi connectivity index (χ0) is 11.7. The summed E-state index contributed by atoms with van der Waals surface area (Å²) in [6.45, 7) is 0. The predicted molar refractivity (Wildman–Crippen MR) is 61.6 cm³/mol. The van der Waals surface area contributed by atoms with Crippen LogP contribution in [-0.4, -0.2) is 26.1 Å². The van der Waals surface area contributed by atoms with E-state index in [1.54, 1.807) is 16.8 Å². The minimum Gasteiger partial charge on any atom is -0.298 e. The Labute approximate surface area is 96.7 Å². The zero-order valence-corrected chi connectivity index (χ0v) is 8.82. The smallest absolute Gasteiger partial charge is 0.188 e. The molecule has 0 saturated carbocycles. The molecule has 0 aliphatic rings. The molecule has 0 atom stereocenters. The first-order valence-electron chi connectivity index (χ1n) is 5.11. The van der Waals surface area contributed by atoms with E-state index in [1.807, 2.05) is 30.3 Å². The lowest BCUT2D eigenvalue weighted by Crippen LogP contribution is -1.97. The van der Waals surface area contributed by atoms with Gasteiger partial charge in [-0.05, 0) is 6.07 Å². The summed E-state index contributed by atoms with van der Waals surface area (Å²) >= 11 is 0. The molecular weight excluding hydrogens is 216 g/mol. The maximum absolute atomic E-state index is 10.9. The Morgan fingerprint density at radius 1 is 1.06 bits per heavy atom. The molecule has 2 aromatic heterocycles. The standard InChI is InChI=1S/C12H8N4O/c17-8-10-6-7-13-16-11(14-15-12(10)16)9-4-2-1-3-5-9/h1-8H. The summed E-state index contributed by atoms with van der Waals surface area (Å²) in [5, 5.41) is 12.2. The second-order valence-corrected chi connectivity index (χ2v) is 3.53. The van der Waals surface area contributed by atoms with Crippen molar-refractivity contribution in [1.29, 1.82) is 0 Å². The second kappa shape index (κ2) is 3.79. The van der Waals surface area contributed by atoms with E-state index in [2.05, 4.69) is 15.3 Å². The quantitative estimate of drug-likeness (QED) is 0.620. The van der Waals surface area contributed by atoms with E-state index < -0.39 is 0 Å². The molecule has 0 fully saturated rings. The summed E-state index contributed by atoms with van der Waals surface area (Å²) in [5.74, 6) is 0.629. The van der Waals surface area contributed by atoms with Crippen LogP contribution in [0, 0.1) is 0 Å². The number of fused-ring (bicyclic) bond motifs is 1. The van der Waals surface area contributed by atoms with Crippen molar-refractivity contribution >= 4 is 11.9 Å². The molecule has 0 aliphatic carbocycles. The lowest BCUT2D eigenvalue weighted by Gasteiger charge is -1.98. The summed E-state index contributed by atoms with van der Waals surface area (Å²) in [5.41, 5.74) is 1.87. The fourth-order valence-electron chi connectivity index (χ4n) is 1.68. The SMILES string of the molecule is O=Cc1ccnn2c(-c3ccccc3)nnc12. The Kier molecular flexibility index (Phi) is 2.15. The normalized spacial score (nSPS) is 10.6. The molecule has 3 rings (SSSR count). The number of carbonyl (C=O) groups excluding carboxylic acids is 1. The molecule has 0 saturated heterocycles. The van der Waals surface area contributed by atoms with Gasteiger partial charge in [-0.1, -0.05) is 30.3 Å². The number of carbonyl (C=O) groups is 1. The molecule has 5 heteroatoms. The average molecular weight is 224 g/mol. The first-order valence-corrected chi connectivity index (χ1v) is 5.11. The van der Waals surface area contributed by atoms with Gasteiger partial charge in [-0.2, -0.15) is 9.61 Å². The van der Waals surface area contributed by atoms with Crippen LogP contribution in [-0.2, 0) is 0 Å². The molecule has 0 bridgehead atoms. The maximum Gasteiger partial charge on any atom is 0.188 e. The van der Waals surface area contributed by atoms with Gasteiger partial charge in [0.05, 0.1) is 5.56 Å². The van der Waals surface area contributed by atoms with Crippen LogP contribution in [0.5, 0.6) is 0 Å². The van der Waals surface area contributed by atoms with Gasteiger partial charge >= 0.3 is 0 Å². The molecule has 1 aromatic carbocycles. The maximum atomic E-state index is 10.9. The van der Waals surface area contributed by atoms with Crippen molar-refractivity contribution in [2.45, 2.75) is 0 Å². The van der Waals surface area contributed by atoms with E-state index in [1.165, 1.54) is 0 Å². The third kappa shape index (κ3) is 1.48. The molecule has 17 heavy (non-hydrogen) atoms. The van der Waals surface area contributed by atoms with Crippen LogP contribution in [0.15, 0.2) is 42.6 Å². The number of benzene rings is 1. The van der Waals surface area contributed by atoms with Gasteiger partial charge in [-0.25, -0.2) is 0 Å². The number of hydrogen-bond acceptors (Lipinski definition) is 4. The fourth-order valence-corrected chi connectivity index (χ4v) is 1.68. The molecule has 0 unspecified atom stereocenters. The molecule has 0 spiro atoms. The highest BCUT2D eigenvalue weighted by molar-refractivity contribution is 5.84. The average Bonchev–Trinajstić information content (AvgIpc) is 2.83. The van der Waals surface area contributed by atoms with E-state index in [4.69, 9.17) is 0 Å². The number of rotatable bonds is 2. The van der Waals surface area contributed by atoms with Crippen molar-refractivity contribution in [2.75, 3.05) is 0 Å². The molecular formula is C12H8N4O. The van der Waals surface area contributed by atoms with Crippen molar-refractivity contribution < 1.29 is 4.79 Å². The zero-order valence-electron chi connectivity index (χ0n) is 8.82. The first-order chi connectivity index (χ1) is 8.40. The van der Waals surface area contributed by atoms with Crippen LogP contribution in [0.25, 0.3) is 17.0 Å². The minimum atomic E-state index is 0.473. The summed E-state index contributed by atoms with van der Waals surface area (Å²) in [7, 11) is 0. The molecule has 82 valence electrons. The van der Waals surface area contributed by atoms with E-state index in [9.17, 15) is 4.79 Å². The molecule has 5 nitrogen and oxygen atoms in total. The third-order valence-electron chi connectivity index (χ3n) is 2.49. The Hall–Kier alpha value is -2.56. The molecule has 0 aliphatic heterocycles. The van der Waals surface area contributed by atoms with E-state index in [0.29, 0.717) is 17.0 Å². The number of hydrogen-bond donors (Lipinski definition) is 0. The van der Waals surface area contributed by atoms with Crippen LogP contribution in [0.1, 0.15) is 10.4 Å². The molecule has 0 N–H and O–H groups in total. The highest BCUT2D eigenvalue weighted by Crippen LogP contribution is 2.17. The number of nitrogens with zero attached hydrogens (tertiary/aromatic N) is 4. The van der Waals surface area contributed by atoms with Crippen LogP contribution >= 0.6 is 0 Å². The summed E-state index contributed by atoms with van der Waals surface area (Å²) in [6, 6.07) is 11.2. The van der Waals surface area contributed by atoms with Crippen LogP contribution in [0.4, 0.5) is 0 Å². The van der Waals surface area contributed by atoms with E-state index in [0.717, 1.165) is 11.8 Å². The lowest BCUT2D eigenvalue weighted by atomic mass is 10.2. The Bertz CT molecular complexity index is 675. The Morgan fingerprint density at radius 2 is 1.88 bits per heavy atom. The predicted octanol–water partition coefficient (Wildman–Crippen LogP) is 1.60. The van der Waals surface area contributed by atoms with Gasteiger partial charge in [-0.3, -0.25) is 4.79 Å². The summed E-state index contributed by atoms with van der Waals surface area (Å²) in [4.78, 5) is 10.9. The van der Waals surface area contributed by atoms with E-state index >= 15 is 0 Å². The third-order valence-corrected chi connectivity index (χ3v) is 2.49. The topological polar surface area (TPSA) is 60.2 Å². The number of aromatic nitrogens is 4. The van der Waals surface area contributed by atoms with Crippen LogP contribution < -0.4 is 0 Å². The minimum absolute atomic E-state index is 0.473. The van der Waals surface area contributed by atoms with Gasteiger partial charge in [0, 0.05) is 11.8 Å². The monoisotopic (exact) mass is 224 g/mol. The van der Waals surface area contributed by atoms with Crippen molar-refractivity contribution in [3.63, 3.8) is 0 Å². The highest BCUT2D eigenvalue weighted by Gasteiger charge is 2.10. The van der Waals surface area contributed by atoms with Gasteiger partial charge in [0.15, 0.2) is 17.8 Å². The van der Waals surface area contributed by atoms with Gasteiger partial charge < -0.3 is 0 Å². The Morgan fingerprint density at radius 3 is 2.65 bits per heavy atom. The first kappa shape index (κ1) is 9.65. The van der Waals surface area contributed by atoms with Gasteiger partial charge in [0.25, 0.3) is 0 Å². The molecule has 0 radical (unpaired) electrons. The lowest BCUT2D eigenvalue weighted by molar-refractivity contribution is 0.112. The highest BCUT2D eigenvalue weighted by atomic mass is 16.1. The molecule has 0 amide bonds. The van der Waals surface area contributed by atoms with Crippen molar-refractivity contribution in [3.05, 3.63) is 48.2 Å². The summed E-state index contributed by atoms with van der Waals surface area (Å²) in [6.07, 6.45) is 2.31. The fraction of sp³-hybridized carbons (Fsp3) is 0. The van der Waals surface area contributed by atoms with Crippen LogP contribution in [0.3, 0.4) is 0 Å². The Balaban J connectivity index is 2.30. The number of aldehydes is 1. The van der Waals surface area contributed by atoms with E-state index in [-0.39, 0.29) is 0 Å². The molecule has 3 aromatic rings. The second-order valence-electron chi connectivity index (χ2n) is 3.53. The van der Waals surface area contributed by atoms with Gasteiger partial charge in [-0.15, -0.1) is 10.2 Å². The summed E-state index contributed by atoms with van der Waals surface area (Å²) < 4.78 is 1.57. The molecule has 2 heterocycles. The van der Waals surface area contributed by atoms with Gasteiger partial charge in [0.1, 0.15) is 0 Å². The van der Waals surface area contributed by atoms with Crippen molar-refractivity contribution in [3.8, 4) is 11.4 Å².